The summed E-state index contributed by atoms with van der Waals surface area (Å²) < 4.78 is 10.1. The van der Waals surface area contributed by atoms with Gasteiger partial charge in [-0.3, -0.25) is 9.69 Å². The van der Waals surface area contributed by atoms with Gasteiger partial charge in [0.05, 0.1) is 19.8 Å². The van der Waals surface area contributed by atoms with E-state index in [1.54, 1.807) is 31.4 Å². The molecule has 1 atom stereocenters. The quantitative estimate of drug-likeness (QED) is 0.689. The van der Waals surface area contributed by atoms with Crippen LogP contribution in [0.25, 0.3) is 0 Å². The monoisotopic (exact) mass is 422 g/mol. The third-order valence-electron chi connectivity index (χ3n) is 6.56. The van der Waals surface area contributed by atoms with Gasteiger partial charge in [0.1, 0.15) is 5.75 Å². The van der Waals surface area contributed by atoms with Crippen molar-refractivity contribution < 1.29 is 19.1 Å². The summed E-state index contributed by atoms with van der Waals surface area (Å²) in [6, 6.07) is 15.0. The van der Waals surface area contributed by atoms with Crippen molar-refractivity contribution in [1.29, 1.82) is 0 Å². The number of rotatable bonds is 5. The Balaban J connectivity index is 1.39. The van der Waals surface area contributed by atoms with Crippen LogP contribution >= 0.6 is 0 Å². The van der Waals surface area contributed by atoms with Gasteiger partial charge >= 0.3 is 5.97 Å². The molecule has 4 rings (SSSR count). The van der Waals surface area contributed by atoms with Crippen molar-refractivity contribution in [3.05, 3.63) is 65.2 Å². The van der Waals surface area contributed by atoms with E-state index in [1.165, 1.54) is 12.7 Å². The summed E-state index contributed by atoms with van der Waals surface area (Å²) in [4.78, 5) is 29.2. The van der Waals surface area contributed by atoms with Gasteiger partial charge in [-0.1, -0.05) is 12.1 Å². The van der Waals surface area contributed by atoms with E-state index in [-0.39, 0.29) is 11.3 Å². The number of esters is 1. The van der Waals surface area contributed by atoms with Crippen LogP contribution in [0.2, 0.25) is 0 Å². The van der Waals surface area contributed by atoms with E-state index < -0.39 is 5.97 Å². The molecule has 6 heteroatoms. The van der Waals surface area contributed by atoms with Gasteiger partial charge in [0.25, 0.3) is 5.91 Å². The van der Waals surface area contributed by atoms with Crippen molar-refractivity contribution in [3.63, 3.8) is 0 Å². The van der Waals surface area contributed by atoms with Crippen LogP contribution in [0.1, 0.15) is 45.5 Å². The largest absolute Gasteiger partial charge is 0.497 e. The van der Waals surface area contributed by atoms with Crippen LogP contribution in [0.5, 0.6) is 5.75 Å². The van der Waals surface area contributed by atoms with Crippen LogP contribution in [-0.2, 0) is 11.3 Å². The average molecular weight is 423 g/mol. The molecule has 2 heterocycles. The predicted molar refractivity (Wildman–Crippen MR) is 118 cm³/mol. The Labute approximate surface area is 183 Å². The van der Waals surface area contributed by atoms with Crippen LogP contribution in [0.15, 0.2) is 48.5 Å². The van der Waals surface area contributed by atoms with E-state index in [0.717, 1.165) is 57.7 Å². The van der Waals surface area contributed by atoms with E-state index in [9.17, 15) is 9.59 Å². The summed E-state index contributed by atoms with van der Waals surface area (Å²) in [5.41, 5.74) is 2.50. The number of ether oxygens (including phenoxy) is 2. The van der Waals surface area contributed by atoms with Crippen molar-refractivity contribution in [2.24, 2.45) is 5.41 Å². The minimum absolute atomic E-state index is 0.0400. The Morgan fingerprint density at radius 3 is 2.48 bits per heavy atom. The molecule has 2 aliphatic rings. The highest BCUT2D eigenvalue weighted by Gasteiger charge is 2.42. The van der Waals surface area contributed by atoms with Gasteiger partial charge in [0, 0.05) is 37.2 Å². The Bertz CT molecular complexity index is 943. The lowest BCUT2D eigenvalue weighted by atomic mass is 9.79. The SMILES string of the molecule is COC(=O)c1ccc(C(=O)N2CC[C@@]3(CCCN(Cc4cccc(OC)c4)C3)C2)cc1. The molecular weight excluding hydrogens is 392 g/mol. The lowest BCUT2D eigenvalue weighted by Gasteiger charge is -2.40. The molecule has 0 aliphatic carbocycles. The van der Waals surface area contributed by atoms with Crippen molar-refractivity contribution in [3.8, 4) is 5.75 Å². The molecule has 0 saturated carbocycles. The molecule has 164 valence electrons. The highest BCUT2D eigenvalue weighted by molar-refractivity contribution is 5.96. The minimum atomic E-state index is -0.391. The normalized spacial score (nSPS) is 21.3. The van der Waals surface area contributed by atoms with Gasteiger partial charge in [-0.25, -0.2) is 4.79 Å². The van der Waals surface area contributed by atoms with Crippen LogP contribution < -0.4 is 4.74 Å². The Kier molecular flexibility index (Phi) is 6.28. The number of hydrogen-bond donors (Lipinski definition) is 0. The smallest absolute Gasteiger partial charge is 0.337 e. The molecule has 2 aromatic rings. The van der Waals surface area contributed by atoms with Gasteiger partial charge < -0.3 is 14.4 Å². The zero-order valence-corrected chi connectivity index (χ0v) is 18.3. The highest BCUT2D eigenvalue weighted by atomic mass is 16.5. The first-order valence-electron chi connectivity index (χ1n) is 10.8. The molecule has 1 amide bonds. The Morgan fingerprint density at radius 1 is 0.968 bits per heavy atom. The lowest BCUT2D eigenvalue weighted by Crippen LogP contribution is -2.45. The summed E-state index contributed by atoms with van der Waals surface area (Å²) >= 11 is 0. The molecule has 0 N–H and O–H groups in total. The molecule has 2 saturated heterocycles. The lowest BCUT2D eigenvalue weighted by molar-refractivity contribution is 0.0599. The number of likely N-dealkylation sites (tertiary alicyclic amines) is 2. The maximum absolute atomic E-state index is 13.0. The molecule has 0 aromatic heterocycles. The molecule has 2 aliphatic heterocycles. The molecule has 0 unspecified atom stereocenters. The number of hydrogen-bond acceptors (Lipinski definition) is 5. The van der Waals surface area contributed by atoms with Crippen molar-refractivity contribution in [2.75, 3.05) is 40.4 Å². The first-order chi connectivity index (χ1) is 15.0. The Hall–Kier alpha value is -2.86. The Morgan fingerprint density at radius 2 is 1.74 bits per heavy atom. The molecule has 0 radical (unpaired) electrons. The van der Waals surface area contributed by atoms with E-state index in [1.807, 2.05) is 17.0 Å². The van der Waals surface area contributed by atoms with Gasteiger partial charge in [0.2, 0.25) is 0 Å². The molecule has 0 bridgehead atoms. The minimum Gasteiger partial charge on any atom is -0.497 e. The first-order valence-corrected chi connectivity index (χ1v) is 10.8. The maximum Gasteiger partial charge on any atom is 0.337 e. The fourth-order valence-electron chi connectivity index (χ4n) is 4.96. The third kappa shape index (κ3) is 4.74. The number of benzene rings is 2. The van der Waals surface area contributed by atoms with Crippen LogP contribution in [0.3, 0.4) is 0 Å². The van der Waals surface area contributed by atoms with Crippen LogP contribution in [0, 0.1) is 5.41 Å². The topological polar surface area (TPSA) is 59.1 Å². The summed E-state index contributed by atoms with van der Waals surface area (Å²) in [5, 5.41) is 0. The molecule has 1 spiro atoms. The number of carbonyl (C=O) groups excluding carboxylic acids is 2. The second-order valence-electron chi connectivity index (χ2n) is 8.71. The number of piperidine rings is 1. The fourth-order valence-corrected chi connectivity index (χ4v) is 4.96. The molecule has 2 aromatic carbocycles. The maximum atomic E-state index is 13.0. The van der Waals surface area contributed by atoms with E-state index in [0.29, 0.717) is 11.1 Å². The molecule has 31 heavy (non-hydrogen) atoms. The molecule has 2 fully saturated rings. The van der Waals surface area contributed by atoms with E-state index in [2.05, 4.69) is 17.0 Å². The van der Waals surface area contributed by atoms with Crippen LogP contribution in [-0.4, -0.2) is 62.1 Å². The van der Waals surface area contributed by atoms with E-state index >= 15 is 0 Å². The predicted octanol–water partition coefficient (Wildman–Crippen LogP) is 3.61. The van der Waals surface area contributed by atoms with Crippen molar-refractivity contribution in [1.82, 2.24) is 9.80 Å². The number of amides is 1. The van der Waals surface area contributed by atoms with Gasteiger partial charge in [-0.05, 0) is 67.8 Å². The van der Waals surface area contributed by atoms with Crippen LogP contribution in [0.4, 0.5) is 0 Å². The van der Waals surface area contributed by atoms with Gasteiger partial charge in [-0.15, -0.1) is 0 Å². The number of methoxy groups -OCH3 is 2. The van der Waals surface area contributed by atoms with Crippen molar-refractivity contribution >= 4 is 11.9 Å². The molecule has 6 nitrogen and oxygen atoms in total. The van der Waals surface area contributed by atoms with Gasteiger partial charge in [0.15, 0.2) is 0 Å². The zero-order valence-electron chi connectivity index (χ0n) is 18.3. The second-order valence-corrected chi connectivity index (χ2v) is 8.71. The summed E-state index contributed by atoms with van der Waals surface area (Å²) in [6.07, 6.45) is 3.35. The highest BCUT2D eigenvalue weighted by Crippen LogP contribution is 2.40. The van der Waals surface area contributed by atoms with Crippen molar-refractivity contribution in [2.45, 2.75) is 25.8 Å². The molecular formula is C25H30N2O4. The average Bonchev–Trinajstić information content (AvgIpc) is 3.21. The standard InChI is InChI=1S/C25H30N2O4/c1-30-22-6-3-5-19(15-22)16-26-13-4-11-25(17-26)12-14-27(18-25)23(28)20-7-9-21(10-8-20)24(29)31-2/h3,5-10,15H,4,11-14,16-18H2,1-2H3/t25-/m1/s1. The first kappa shape index (κ1) is 21.4. The third-order valence-corrected chi connectivity index (χ3v) is 6.56. The van der Waals surface area contributed by atoms with Gasteiger partial charge in [-0.2, -0.15) is 0 Å². The second kappa shape index (κ2) is 9.10. The van der Waals surface area contributed by atoms with E-state index in [4.69, 9.17) is 9.47 Å². The summed E-state index contributed by atoms with van der Waals surface area (Å²) in [6.45, 7) is 4.57. The number of carbonyl (C=O) groups is 2. The summed E-state index contributed by atoms with van der Waals surface area (Å²) in [7, 11) is 3.05. The summed E-state index contributed by atoms with van der Waals surface area (Å²) in [5.74, 6) is 0.538. The fraction of sp³-hybridized carbons (Fsp3) is 0.440. The number of nitrogens with zero attached hydrogens (tertiary/aromatic N) is 2. The zero-order chi connectivity index (χ0) is 21.8.